The topological polar surface area (TPSA) is 174 Å². The zero-order valence-electron chi connectivity index (χ0n) is 28.9. The number of nitrogens with zero attached hydrogens (tertiary/aromatic N) is 2. The van der Waals surface area contributed by atoms with E-state index in [1.807, 2.05) is 48.5 Å². The van der Waals surface area contributed by atoms with Gasteiger partial charge in [0.05, 0.1) is 34.9 Å². The first-order valence-corrected chi connectivity index (χ1v) is 19.1. The van der Waals surface area contributed by atoms with Gasteiger partial charge in [0.2, 0.25) is 11.8 Å². The van der Waals surface area contributed by atoms with Gasteiger partial charge in [-0.05, 0) is 70.1 Å². The van der Waals surface area contributed by atoms with Gasteiger partial charge < -0.3 is 25.8 Å². The number of benzene rings is 1. The molecular weight excluding hydrogens is 643 g/mol. The minimum Gasteiger partial charge on any atom is -0.390 e. The highest BCUT2D eigenvalue weighted by atomic mass is 32.2. The van der Waals surface area contributed by atoms with E-state index in [0.717, 1.165) is 43.4 Å². The fourth-order valence-corrected chi connectivity index (χ4v) is 7.68. The van der Waals surface area contributed by atoms with Crippen LogP contribution in [0.3, 0.4) is 0 Å². The quantitative estimate of drug-likeness (QED) is 0.142. The highest BCUT2D eigenvalue weighted by Gasteiger charge is 2.37. The minimum atomic E-state index is -3.69. The van der Waals surface area contributed by atoms with Crippen molar-refractivity contribution in [3.8, 4) is 0 Å². The third kappa shape index (κ3) is 11.8. The molecule has 0 bridgehead atoms. The maximum atomic E-state index is 14.1. The summed E-state index contributed by atoms with van der Waals surface area (Å²) in [6.07, 6.45) is 9.04. The van der Waals surface area contributed by atoms with Gasteiger partial charge >= 0.3 is 0 Å². The number of aliphatic hydroxyl groups excluding tert-OH is 2. The number of hydrogen-bond acceptors (Lipinski definition) is 8. The van der Waals surface area contributed by atoms with Gasteiger partial charge in [0, 0.05) is 30.2 Å². The number of rotatable bonds is 17. The van der Waals surface area contributed by atoms with E-state index in [2.05, 4.69) is 25.6 Å². The van der Waals surface area contributed by atoms with E-state index in [0.29, 0.717) is 18.5 Å². The number of carbonyl (C=O) groups is 2. The van der Waals surface area contributed by atoms with Crippen LogP contribution in [0.1, 0.15) is 82.7 Å². The number of hydrogen-bond donors (Lipinski definition) is 5. The van der Waals surface area contributed by atoms with E-state index >= 15 is 0 Å². The van der Waals surface area contributed by atoms with Crippen molar-refractivity contribution in [1.82, 2.24) is 25.6 Å². The summed E-state index contributed by atoms with van der Waals surface area (Å²) < 4.78 is 25.6. The molecule has 3 aromatic rings. The lowest BCUT2D eigenvalue weighted by Crippen LogP contribution is -2.56. The number of pyridine rings is 1. The van der Waals surface area contributed by atoms with Crippen molar-refractivity contribution in [1.29, 1.82) is 0 Å². The Labute approximate surface area is 290 Å². The number of amides is 2. The Morgan fingerprint density at radius 1 is 0.959 bits per heavy atom. The summed E-state index contributed by atoms with van der Waals surface area (Å²) in [6, 6.07) is 12.9. The maximum absolute atomic E-state index is 14.1. The van der Waals surface area contributed by atoms with E-state index in [1.165, 1.54) is 6.33 Å². The van der Waals surface area contributed by atoms with E-state index < -0.39 is 56.6 Å². The summed E-state index contributed by atoms with van der Waals surface area (Å²) in [5.41, 5.74) is 2.20. The van der Waals surface area contributed by atoms with Crippen LogP contribution in [-0.2, 0) is 38.7 Å². The summed E-state index contributed by atoms with van der Waals surface area (Å²) in [5.74, 6) is -2.16. The van der Waals surface area contributed by atoms with Gasteiger partial charge in [-0.3, -0.25) is 14.6 Å². The van der Waals surface area contributed by atoms with Gasteiger partial charge in [-0.1, -0.05) is 68.5 Å². The smallest absolute Gasteiger partial charge is 0.243 e. The van der Waals surface area contributed by atoms with E-state index in [4.69, 9.17) is 0 Å². The van der Waals surface area contributed by atoms with Crippen LogP contribution in [0.15, 0.2) is 67.3 Å². The molecule has 1 fully saturated rings. The Bertz CT molecular complexity index is 1540. The predicted molar refractivity (Wildman–Crippen MR) is 189 cm³/mol. The van der Waals surface area contributed by atoms with Crippen LogP contribution >= 0.6 is 0 Å². The first-order valence-electron chi connectivity index (χ1n) is 17.4. The van der Waals surface area contributed by atoms with Crippen LogP contribution in [0.4, 0.5) is 0 Å². The Hall–Kier alpha value is -3.61. The van der Waals surface area contributed by atoms with Gasteiger partial charge in [-0.2, -0.15) is 0 Å². The number of imidazole rings is 1. The summed E-state index contributed by atoms with van der Waals surface area (Å²) in [7, 11) is -3.69. The third-order valence-corrected chi connectivity index (χ3v) is 12.2. The summed E-state index contributed by atoms with van der Waals surface area (Å²) in [6.45, 7) is 4.82. The lowest BCUT2D eigenvalue weighted by Gasteiger charge is -2.33. The lowest BCUT2D eigenvalue weighted by atomic mass is 9.82. The molecule has 12 heteroatoms. The molecule has 4 rings (SSSR count). The number of carbonyl (C=O) groups excluding carboxylic acids is 2. The van der Waals surface area contributed by atoms with Crippen LogP contribution in [0.25, 0.3) is 0 Å². The normalized spacial score (nSPS) is 17.4. The van der Waals surface area contributed by atoms with Crippen molar-refractivity contribution in [2.24, 2.45) is 11.8 Å². The SMILES string of the molecule is CC(C)(C)S(=O)(=O)C[C@H](Cc1ccccc1)C(=O)N[C@@H](Cc1cnc[nH]1)C(=O)N[C@@H](CC1CCCCC1)[C@@H](O)[C@@H](O)CCc1ccccn1. The molecule has 0 spiro atoms. The molecule has 0 aliphatic heterocycles. The Morgan fingerprint density at radius 3 is 2.31 bits per heavy atom. The summed E-state index contributed by atoms with van der Waals surface area (Å²) in [5, 5.41) is 28.4. The Balaban J connectivity index is 1.55. The summed E-state index contributed by atoms with van der Waals surface area (Å²) in [4.78, 5) is 39.4. The first kappa shape index (κ1) is 38.2. The highest BCUT2D eigenvalue weighted by Crippen LogP contribution is 2.29. The molecule has 1 aromatic carbocycles. The van der Waals surface area contributed by atoms with Crippen LogP contribution in [0, 0.1) is 11.8 Å². The average molecular weight is 696 g/mol. The van der Waals surface area contributed by atoms with Gasteiger partial charge in [0.1, 0.15) is 12.1 Å². The molecule has 0 saturated heterocycles. The zero-order chi connectivity index (χ0) is 35.4. The number of aryl methyl sites for hydroxylation is 1. The number of aliphatic hydroxyl groups is 2. The van der Waals surface area contributed by atoms with Gasteiger partial charge in [-0.15, -0.1) is 0 Å². The minimum absolute atomic E-state index is 0.0656. The second kappa shape index (κ2) is 17.9. The van der Waals surface area contributed by atoms with Gasteiger partial charge in [-0.25, -0.2) is 13.4 Å². The fourth-order valence-electron chi connectivity index (χ4n) is 6.39. The Morgan fingerprint density at radius 2 is 1.67 bits per heavy atom. The number of nitrogens with one attached hydrogen (secondary N) is 3. The van der Waals surface area contributed by atoms with Crippen LogP contribution in [0.5, 0.6) is 0 Å². The average Bonchev–Trinajstić information content (AvgIpc) is 3.60. The number of H-pyrrole nitrogens is 1. The van der Waals surface area contributed by atoms with Gasteiger partial charge in [0.25, 0.3) is 0 Å². The van der Waals surface area contributed by atoms with Crippen molar-refractivity contribution in [3.63, 3.8) is 0 Å². The van der Waals surface area contributed by atoms with E-state index in [-0.39, 0.29) is 30.9 Å². The number of sulfone groups is 1. The standard InChI is InChI=1S/C37H53N5O6S/c1-37(2,3)49(47,48)24-28(20-26-12-6-4-7-13-26)35(45)42-32(22-30-23-38-25-40-30)36(46)41-31(21-27-14-8-5-9-15-27)34(44)33(43)18-17-29-16-10-11-19-39-29/h4,6-7,10-13,16,19,23,25,27-28,31-34,43-44H,5,8-9,14-15,17-18,20-22,24H2,1-3H3,(H,38,40)(H,41,46)(H,42,45)/t28-,31-,32-,33-,34+/m0/s1. The number of aromatic amines is 1. The molecule has 2 heterocycles. The van der Waals surface area contributed by atoms with Crippen molar-refractivity contribution < 1.29 is 28.2 Å². The predicted octanol–water partition coefficient (Wildman–Crippen LogP) is 3.71. The van der Waals surface area contributed by atoms with E-state index in [1.54, 1.807) is 33.2 Å². The second-order valence-electron chi connectivity index (χ2n) is 14.4. The van der Waals surface area contributed by atoms with Crippen molar-refractivity contribution in [2.45, 2.75) is 114 Å². The molecule has 0 radical (unpaired) electrons. The van der Waals surface area contributed by atoms with Crippen LogP contribution in [0.2, 0.25) is 0 Å². The van der Waals surface area contributed by atoms with Crippen LogP contribution < -0.4 is 10.6 Å². The van der Waals surface area contributed by atoms with Crippen LogP contribution in [-0.4, -0.2) is 80.2 Å². The third-order valence-electron chi connectivity index (χ3n) is 9.53. The molecule has 11 nitrogen and oxygen atoms in total. The summed E-state index contributed by atoms with van der Waals surface area (Å²) >= 11 is 0. The van der Waals surface area contributed by atoms with E-state index in [9.17, 15) is 28.2 Å². The monoisotopic (exact) mass is 695 g/mol. The molecule has 49 heavy (non-hydrogen) atoms. The second-order valence-corrected chi connectivity index (χ2v) is 17.2. The fraction of sp³-hybridized carbons (Fsp3) is 0.568. The molecule has 2 aromatic heterocycles. The Kier molecular flexibility index (Phi) is 13.9. The molecule has 268 valence electrons. The molecule has 1 saturated carbocycles. The molecule has 1 aliphatic rings. The maximum Gasteiger partial charge on any atom is 0.243 e. The first-order chi connectivity index (χ1) is 23.3. The van der Waals surface area contributed by atoms with Crippen molar-refractivity contribution in [2.75, 3.05) is 5.75 Å². The largest absolute Gasteiger partial charge is 0.390 e. The molecule has 0 unspecified atom stereocenters. The molecule has 5 atom stereocenters. The molecule has 2 amide bonds. The van der Waals surface area contributed by atoms with Crippen molar-refractivity contribution >= 4 is 21.7 Å². The number of aromatic nitrogens is 3. The lowest BCUT2D eigenvalue weighted by molar-refractivity contribution is -0.132. The molecule has 5 N–H and O–H groups in total. The van der Waals surface area contributed by atoms with Crippen molar-refractivity contribution in [3.05, 3.63) is 84.2 Å². The highest BCUT2D eigenvalue weighted by molar-refractivity contribution is 7.92. The zero-order valence-corrected chi connectivity index (χ0v) is 29.7. The molecule has 1 aliphatic carbocycles. The van der Waals surface area contributed by atoms with Gasteiger partial charge in [0.15, 0.2) is 9.84 Å². The molecular formula is C37H53N5O6S.